The van der Waals surface area contributed by atoms with Gasteiger partial charge in [-0.15, -0.1) is 5.10 Å². The molecule has 0 saturated carbocycles. The maximum atomic E-state index is 5.22. The van der Waals surface area contributed by atoms with Gasteiger partial charge in [0, 0.05) is 12.3 Å². The molecule has 0 spiro atoms. The van der Waals surface area contributed by atoms with Crippen LogP contribution < -0.4 is 4.74 Å². The second-order valence-corrected chi connectivity index (χ2v) is 3.95. The quantitative estimate of drug-likeness (QED) is 0.718. The van der Waals surface area contributed by atoms with Gasteiger partial charge in [0.25, 0.3) is 0 Å². The fraction of sp³-hybridized carbons (Fsp3) is 0.0714. The van der Waals surface area contributed by atoms with E-state index >= 15 is 0 Å². The normalized spacial score (nSPS) is 10.4. The zero-order chi connectivity index (χ0) is 13.1. The highest BCUT2D eigenvalue weighted by Crippen LogP contribution is 2.21. The Labute approximate surface area is 110 Å². The van der Waals surface area contributed by atoms with E-state index in [-0.39, 0.29) is 0 Å². The second-order valence-electron chi connectivity index (χ2n) is 3.95. The van der Waals surface area contributed by atoms with Crippen molar-refractivity contribution >= 4 is 0 Å². The zero-order valence-corrected chi connectivity index (χ0v) is 10.4. The van der Waals surface area contributed by atoms with Crippen LogP contribution in [0.2, 0.25) is 0 Å². The van der Waals surface area contributed by atoms with Crippen LogP contribution >= 0.6 is 0 Å². The molecule has 0 N–H and O–H groups in total. The van der Waals surface area contributed by atoms with E-state index in [1.165, 1.54) is 0 Å². The average Bonchev–Trinajstić information content (AvgIpc) is 2.98. The van der Waals surface area contributed by atoms with Gasteiger partial charge in [0.05, 0.1) is 24.7 Å². The van der Waals surface area contributed by atoms with Crippen LogP contribution in [0.25, 0.3) is 17.1 Å². The average molecular weight is 252 g/mol. The van der Waals surface area contributed by atoms with Gasteiger partial charge in [-0.05, 0) is 24.3 Å². The Morgan fingerprint density at radius 1 is 1.11 bits per heavy atom. The van der Waals surface area contributed by atoms with Crippen LogP contribution in [0.4, 0.5) is 0 Å². The van der Waals surface area contributed by atoms with Crippen LogP contribution in [-0.4, -0.2) is 27.1 Å². The molecule has 5 heteroatoms. The first-order chi connectivity index (χ1) is 9.38. The molecule has 3 rings (SSSR count). The van der Waals surface area contributed by atoms with Crippen LogP contribution in [0.1, 0.15) is 0 Å². The number of nitrogens with zero attached hydrogens (tertiary/aromatic N) is 4. The highest BCUT2D eigenvalue weighted by Gasteiger charge is 2.09. The third-order valence-corrected chi connectivity index (χ3v) is 2.77. The lowest BCUT2D eigenvalue weighted by molar-refractivity contribution is 0.414. The van der Waals surface area contributed by atoms with Crippen molar-refractivity contribution in [3.05, 3.63) is 54.9 Å². The summed E-state index contributed by atoms with van der Waals surface area (Å²) in [6.45, 7) is 0. The van der Waals surface area contributed by atoms with E-state index in [0.717, 1.165) is 22.8 Å². The van der Waals surface area contributed by atoms with Gasteiger partial charge in [0.15, 0.2) is 0 Å². The first-order valence-corrected chi connectivity index (χ1v) is 5.85. The molecule has 94 valence electrons. The van der Waals surface area contributed by atoms with E-state index in [1.54, 1.807) is 24.2 Å². The SMILES string of the molecule is COc1cccc(-n2nncc2-c2ccccn2)c1. The molecule has 0 aliphatic heterocycles. The molecule has 5 nitrogen and oxygen atoms in total. The molecule has 19 heavy (non-hydrogen) atoms. The zero-order valence-electron chi connectivity index (χ0n) is 10.4. The summed E-state index contributed by atoms with van der Waals surface area (Å²) in [5.74, 6) is 0.778. The van der Waals surface area contributed by atoms with Crippen LogP contribution in [-0.2, 0) is 0 Å². The topological polar surface area (TPSA) is 52.8 Å². The van der Waals surface area contributed by atoms with Gasteiger partial charge in [0.1, 0.15) is 11.4 Å². The van der Waals surface area contributed by atoms with Crippen LogP contribution in [0.3, 0.4) is 0 Å². The summed E-state index contributed by atoms with van der Waals surface area (Å²) in [6.07, 6.45) is 3.44. The molecule has 0 saturated heterocycles. The molecule has 2 aromatic heterocycles. The predicted molar refractivity (Wildman–Crippen MR) is 71.1 cm³/mol. The lowest BCUT2D eigenvalue weighted by atomic mass is 10.2. The number of rotatable bonds is 3. The van der Waals surface area contributed by atoms with Crippen molar-refractivity contribution < 1.29 is 4.74 Å². The highest BCUT2D eigenvalue weighted by atomic mass is 16.5. The summed E-state index contributed by atoms with van der Waals surface area (Å²) in [7, 11) is 1.64. The number of benzene rings is 1. The van der Waals surface area contributed by atoms with Gasteiger partial charge in [-0.1, -0.05) is 17.3 Å². The van der Waals surface area contributed by atoms with E-state index in [0.29, 0.717) is 0 Å². The number of ether oxygens (including phenoxy) is 1. The van der Waals surface area contributed by atoms with Gasteiger partial charge in [-0.2, -0.15) is 0 Å². The first kappa shape index (κ1) is 11.4. The fourth-order valence-electron chi connectivity index (χ4n) is 1.86. The third kappa shape index (κ3) is 2.18. The summed E-state index contributed by atoms with van der Waals surface area (Å²) in [6, 6.07) is 13.4. The minimum atomic E-state index is 0.778. The fourth-order valence-corrected chi connectivity index (χ4v) is 1.86. The van der Waals surface area contributed by atoms with Gasteiger partial charge in [-0.25, -0.2) is 4.68 Å². The van der Waals surface area contributed by atoms with Gasteiger partial charge < -0.3 is 4.74 Å². The molecule has 0 bridgehead atoms. The van der Waals surface area contributed by atoms with Gasteiger partial charge in [0.2, 0.25) is 0 Å². The summed E-state index contributed by atoms with van der Waals surface area (Å²) in [4.78, 5) is 4.32. The van der Waals surface area contributed by atoms with Crippen LogP contribution in [0.5, 0.6) is 5.75 Å². The molecule has 0 aliphatic rings. The molecule has 3 aromatic rings. The summed E-state index contributed by atoms with van der Waals surface area (Å²) >= 11 is 0. The Bertz CT molecular complexity index is 679. The van der Waals surface area contributed by atoms with Crippen LogP contribution in [0.15, 0.2) is 54.9 Å². The molecule has 0 aliphatic carbocycles. The maximum Gasteiger partial charge on any atom is 0.121 e. The maximum absolute atomic E-state index is 5.22. The lowest BCUT2D eigenvalue weighted by Crippen LogP contribution is -2.00. The molecule has 0 amide bonds. The van der Waals surface area contributed by atoms with Crippen molar-refractivity contribution in [2.75, 3.05) is 7.11 Å². The Balaban J connectivity index is 2.09. The number of pyridine rings is 1. The summed E-state index contributed by atoms with van der Waals surface area (Å²) in [5.41, 5.74) is 2.56. The summed E-state index contributed by atoms with van der Waals surface area (Å²) in [5, 5.41) is 8.07. The molecular formula is C14H12N4O. The monoisotopic (exact) mass is 252 g/mol. The Morgan fingerprint density at radius 2 is 2.05 bits per heavy atom. The van der Waals surface area contributed by atoms with Crippen molar-refractivity contribution in [2.24, 2.45) is 0 Å². The van der Waals surface area contributed by atoms with Crippen molar-refractivity contribution in [2.45, 2.75) is 0 Å². The first-order valence-electron chi connectivity index (χ1n) is 5.85. The lowest BCUT2D eigenvalue weighted by Gasteiger charge is -2.07. The van der Waals surface area contributed by atoms with Crippen molar-refractivity contribution in [1.82, 2.24) is 20.0 Å². The Morgan fingerprint density at radius 3 is 2.84 bits per heavy atom. The molecule has 0 unspecified atom stereocenters. The van der Waals surface area contributed by atoms with E-state index in [4.69, 9.17) is 4.74 Å². The minimum Gasteiger partial charge on any atom is -0.497 e. The number of hydrogen-bond donors (Lipinski definition) is 0. The largest absolute Gasteiger partial charge is 0.497 e. The summed E-state index contributed by atoms with van der Waals surface area (Å²) < 4.78 is 6.96. The molecule has 0 radical (unpaired) electrons. The number of hydrogen-bond acceptors (Lipinski definition) is 4. The molecule has 0 fully saturated rings. The highest BCUT2D eigenvalue weighted by molar-refractivity contribution is 5.56. The van der Waals surface area contributed by atoms with E-state index in [1.807, 2.05) is 42.5 Å². The second kappa shape index (κ2) is 4.89. The predicted octanol–water partition coefficient (Wildman–Crippen LogP) is 2.34. The van der Waals surface area contributed by atoms with Gasteiger partial charge >= 0.3 is 0 Å². The minimum absolute atomic E-state index is 0.778. The molecule has 0 atom stereocenters. The Kier molecular flexibility index (Phi) is 2.94. The van der Waals surface area contributed by atoms with Crippen molar-refractivity contribution in [3.63, 3.8) is 0 Å². The Hall–Kier alpha value is -2.69. The van der Waals surface area contributed by atoms with Crippen LogP contribution in [0, 0.1) is 0 Å². The molecule has 2 heterocycles. The standard InChI is InChI=1S/C14H12N4O/c1-19-12-6-4-5-11(9-12)18-14(10-16-17-18)13-7-2-3-8-15-13/h2-10H,1H3. The molecular weight excluding hydrogens is 240 g/mol. The smallest absolute Gasteiger partial charge is 0.121 e. The molecule has 1 aromatic carbocycles. The number of aromatic nitrogens is 4. The van der Waals surface area contributed by atoms with Gasteiger partial charge in [-0.3, -0.25) is 4.98 Å². The number of methoxy groups -OCH3 is 1. The van der Waals surface area contributed by atoms with E-state index < -0.39 is 0 Å². The third-order valence-electron chi connectivity index (χ3n) is 2.77. The van der Waals surface area contributed by atoms with E-state index in [9.17, 15) is 0 Å². The van der Waals surface area contributed by atoms with Crippen molar-refractivity contribution in [1.29, 1.82) is 0 Å². The van der Waals surface area contributed by atoms with Crippen molar-refractivity contribution in [3.8, 4) is 22.8 Å². The van der Waals surface area contributed by atoms with E-state index in [2.05, 4.69) is 15.3 Å².